The number of carbonyl (C=O) groups excluding carboxylic acids is 1. The first-order chi connectivity index (χ1) is 21.5. The molecule has 0 aliphatic heterocycles. The molecule has 2 aromatic rings. The van der Waals surface area contributed by atoms with Crippen LogP contribution in [0.15, 0.2) is 0 Å². The van der Waals surface area contributed by atoms with Crippen LogP contribution in [0.5, 0.6) is 5.75 Å². The molecule has 252 valence electrons. The topological polar surface area (TPSA) is 26.3 Å². The highest BCUT2D eigenvalue weighted by Crippen LogP contribution is 2.41. The smallest absolute Gasteiger partial charge is 0.314 e. The zero-order valence-corrected chi connectivity index (χ0v) is 26.2. The summed E-state index contributed by atoms with van der Waals surface area (Å²) in [5.74, 6) is -20.5. The van der Waals surface area contributed by atoms with Crippen LogP contribution in [0.2, 0.25) is 0 Å². The lowest BCUT2D eigenvalue weighted by molar-refractivity contribution is -0.140. The number of unbranched alkanes of at least 4 members (excludes halogenated alkanes) is 10. The molecule has 0 saturated heterocycles. The van der Waals surface area contributed by atoms with Gasteiger partial charge in [0.2, 0.25) is 17.4 Å². The van der Waals surface area contributed by atoms with Crippen molar-refractivity contribution in [3.8, 4) is 16.9 Å². The summed E-state index contributed by atoms with van der Waals surface area (Å²) in [6, 6.07) is 0. The van der Waals surface area contributed by atoms with E-state index >= 15 is 8.78 Å². The largest absolute Gasteiger partial charge is 0.420 e. The van der Waals surface area contributed by atoms with E-state index in [1.807, 2.05) is 6.92 Å². The molecule has 0 amide bonds. The number of ether oxygens (including phenoxy) is 1. The minimum Gasteiger partial charge on any atom is -0.420 e. The van der Waals surface area contributed by atoms with E-state index in [4.69, 9.17) is 4.74 Å². The van der Waals surface area contributed by atoms with Gasteiger partial charge in [-0.3, -0.25) is 4.79 Å². The Labute approximate surface area is 260 Å². The summed E-state index contributed by atoms with van der Waals surface area (Å²) in [5.41, 5.74) is -4.86. The highest BCUT2D eigenvalue weighted by atomic mass is 19.2. The number of halogens is 8. The van der Waals surface area contributed by atoms with E-state index in [2.05, 4.69) is 6.92 Å². The highest BCUT2D eigenvalue weighted by Gasteiger charge is 2.36. The van der Waals surface area contributed by atoms with E-state index in [0.29, 0.717) is 38.0 Å². The summed E-state index contributed by atoms with van der Waals surface area (Å²) in [6.07, 6.45) is 14.0. The van der Waals surface area contributed by atoms with Gasteiger partial charge >= 0.3 is 5.97 Å². The Morgan fingerprint density at radius 2 is 0.978 bits per heavy atom. The van der Waals surface area contributed by atoms with Crippen LogP contribution in [-0.2, 0) is 11.2 Å². The fourth-order valence-corrected chi connectivity index (χ4v) is 6.20. The Bertz CT molecular complexity index is 1230. The fourth-order valence-electron chi connectivity index (χ4n) is 6.20. The van der Waals surface area contributed by atoms with Crippen molar-refractivity contribution in [2.45, 2.75) is 129 Å². The normalized spacial score (nSPS) is 16.8. The first-order valence-electron chi connectivity index (χ1n) is 16.5. The molecule has 0 aromatic heterocycles. The van der Waals surface area contributed by atoms with Gasteiger partial charge in [-0.15, -0.1) is 0 Å². The lowest BCUT2D eigenvalue weighted by Gasteiger charge is -2.27. The number of hydrogen-bond donors (Lipinski definition) is 0. The Morgan fingerprint density at radius 1 is 0.556 bits per heavy atom. The average Bonchev–Trinajstić information content (AvgIpc) is 3.04. The SMILES string of the molecule is CCCCCCCCc1c(F)c(F)c(-c2c(F)c(F)c(OC(=O)[C@H]3CC[C@H](CCCCCCCC)CC3)c(F)c2F)c(F)c1F. The molecule has 0 heterocycles. The van der Waals surface area contributed by atoms with Gasteiger partial charge in [0.05, 0.1) is 17.0 Å². The van der Waals surface area contributed by atoms with Crippen LogP contribution in [0, 0.1) is 58.4 Å². The Balaban J connectivity index is 1.73. The molecule has 10 heteroatoms. The molecule has 2 nitrogen and oxygen atoms in total. The number of carbonyl (C=O) groups is 1. The molecule has 1 fully saturated rings. The Kier molecular flexibility index (Phi) is 14.6. The molecule has 0 N–H and O–H groups in total. The molecule has 0 bridgehead atoms. The third-order valence-electron chi connectivity index (χ3n) is 8.96. The van der Waals surface area contributed by atoms with Gasteiger partial charge < -0.3 is 4.74 Å². The first-order valence-corrected chi connectivity index (χ1v) is 16.5. The zero-order valence-electron chi connectivity index (χ0n) is 26.2. The van der Waals surface area contributed by atoms with Gasteiger partial charge in [-0.25, -0.2) is 26.3 Å². The molecule has 1 aliphatic carbocycles. The maximum Gasteiger partial charge on any atom is 0.314 e. The monoisotopic (exact) mass is 648 g/mol. The van der Waals surface area contributed by atoms with Crippen molar-refractivity contribution in [1.29, 1.82) is 0 Å². The van der Waals surface area contributed by atoms with E-state index in [0.717, 1.165) is 44.9 Å². The second-order valence-electron chi connectivity index (χ2n) is 12.3. The number of esters is 1. The first kappa shape index (κ1) is 36.8. The summed E-state index contributed by atoms with van der Waals surface area (Å²) in [6.45, 7) is 4.16. The Hall–Kier alpha value is -2.65. The van der Waals surface area contributed by atoms with Gasteiger partial charge in [0, 0.05) is 5.56 Å². The molecule has 45 heavy (non-hydrogen) atoms. The highest BCUT2D eigenvalue weighted by molar-refractivity contribution is 5.76. The van der Waals surface area contributed by atoms with Crippen LogP contribution in [0.25, 0.3) is 11.1 Å². The van der Waals surface area contributed by atoms with Crippen LogP contribution in [0.3, 0.4) is 0 Å². The average molecular weight is 649 g/mol. The quantitative estimate of drug-likeness (QED) is 0.0561. The van der Waals surface area contributed by atoms with Gasteiger partial charge in [-0.05, 0) is 44.4 Å². The maximum absolute atomic E-state index is 15.1. The van der Waals surface area contributed by atoms with Crippen molar-refractivity contribution in [2.24, 2.45) is 11.8 Å². The second kappa shape index (κ2) is 17.9. The van der Waals surface area contributed by atoms with Gasteiger partial charge in [0.1, 0.15) is 0 Å². The molecule has 1 saturated carbocycles. The lowest BCUT2D eigenvalue weighted by atomic mass is 9.79. The molecule has 2 aromatic carbocycles. The summed E-state index contributed by atoms with van der Waals surface area (Å²) in [5, 5.41) is 0. The standard InChI is InChI=1S/C35H44F8O2/c1-3-5-7-9-11-13-15-21-17-19-22(20-18-21)35(44)45-34-32(42)30(40)25(31(41)33(34)43)24-28(38)26(36)23(27(37)29(24)39)16-14-12-10-8-6-4-2/h21-22H,3-20H2,1-2H3/t21-,22-. The number of hydrogen-bond acceptors (Lipinski definition) is 2. The predicted molar refractivity (Wildman–Crippen MR) is 158 cm³/mol. The lowest BCUT2D eigenvalue weighted by Crippen LogP contribution is -2.26. The van der Waals surface area contributed by atoms with Gasteiger partial charge in [0.25, 0.3) is 0 Å². The van der Waals surface area contributed by atoms with Gasteiger partial charge in [0.15, 0.2) is 34.9 Å². The van der Waals surface area contributed by atoms with Crippen molar-refractivity contribution >= 4 is 5.97 Å². The number of rotatable bonds is 17. The van der Waals surface area contributed by atoms with E-state index in [1.165, 1.54) is 25.7 Å². The second-order valence-corrected chi connectivity index (χ2v) is 12.3. The van der Waals surface area contributed by atoms with Crippen molar-refractivity contribution in [1.82, 2.24) is 0 Å². The van der Waals surface area contributed by atoms with E-state index in [1.54, 1.807) is 0 Å². The predicted octanol–water partition coefficient (Wildman–Crippen LogP) is 11.8. The maximum atomic E-state index is 15.1. The molecule has 0 atom stereocenters. The molecule has 0 unspecified atom stereocenters. The minimum absolute atomic E-state index is 0.197. The van der Waals surface area contributed by atoms with Crippen LogP contribution >= 0.6 is 0 Å². The van der Waals surface area contributed by atoms with E-state index < -0.39 is 80.9 Å². The van der Waals surface area contributed by atoms with Gasteiger partial charge in [-0.1, -0.05) is 90.9 Å². The zero-order chi connectivity index (χ0) is 33.1. The van der Waals surface area contributed by atoms with E-state index in [9.17, 15) is 31.1 Å². The van der Waals surface area contributed by atoms with Crippen LogP contribution < -0.4 is 4.74 Å². The molecule has 0 spiro atoms. The third-order valence-corrected chi connectivity index (χ3v) is 8.96. The summed E-state index contributed by atoms with van der Waals surface area (Å²) < 4.78 is 124. The van der Waals surface area contributed by atoms with E-state index in [-0.39, 0.29) is 12.8 Å². The summed E-state index contributed by atoms with van der Waals surface area (Å²) in [7, 11) is 0. The molecule has 3 rings (SSSR count). The van der Waals surface area contributed by atoms with Crippen molar-refractivity contribution in [3.05, 3.63) is 52.1 Å². The van der Waals surface area contributed by atoms with Gasteiger partial charge in [-0.2, -0.15) is 8.78 Å². The molecular formula is C35H44F8O2. The number of benzene rings is 2. The van der Waals surface area contributed by atoms with Crippen molar-refractivity contribution in [3.63, 3.8) is 0 Å². The molecule has 1 aliphatic rings. The van der Waals surface area contributed by atoms with Crippen LogP contribution in [-0.4, -0.2) is 5.97 Å². The summed E-state index contributed by atoms with van der Waals surface area (Å²) in [4.78, 5) is 12.7. The summed E-state index contributed by atoms with van der Waals surface area (Å²) >= 11 is 0. The van der Waals surface area contributed by atoms with Crippen molar-refractivity contribution in [2.75, 3.05) is 0 Å². The van der Waals surface area contributed by atoms with Crippen LogP contribution in [0.1, 0.15) is 129 Å². The molecular weight excluding hydrogens is 604 g/mol. The fraction of sp³-hybridized carbons (Fsp3) is 0.629. The third kappa shape index (κ3) is 9.22. The van der Waals surface area contributed by atoms with Crippen LogP contribution in [0.4, 0.5) is 35.1 Å². The molecule has 0 radical (unpaired) electrons. The minimum atomic E-state index is -2.35. The van der Waals surface area contributed by atoms with Crippen molar-refractivity contribution < 1.29 is 44.7 Å². The Morgan fingerprint density at radius 3 is 1.47 bits per heavy atom.